The number of ether oxygens (including phenoxy) is 2. The molecule has 1 unspecified atom stereocenters. The Balaban J connectivity index is 1.44. The summed E-state index contributed by atoms with van der Waals surface area (Å²) in [6.45, 7) is 4.72. The van der Waals surface area contributed by atoms with E-state index in [0.717, 1.165) is 76.9 Å². The van der Waals surface area contributed by atoms with Crippen molar-refractivity contribution in [3.05, 3.63) is 28.3 Å². The van der Waals surface area contributed by atoms with Gasteiger partial charge in [0.25, 0.3) is 0 Å². The van der Waals surface area contributed by atoms with Crippen LogP contribution in [0.4, 0.5) is 0 Å². The molecule has 5 heteroatoms. The van der Waals surface area contributed by atoms with E-state index in [1.165, 1.54) is 11.1 Å². The molecule has 3 aliphatic rings. The first kappa shape index (κ1) is 20.2. The van der Waals surface area contributed by atoms with Crippen molar-refractivity contribution < 1.29 is 9.47 Å². The number of fused-ring (bicyclic) bond motifs is 1. The molecule has 1 saturated heterocycles. The first-order valence-electron chi connectivity index (χ1n) is 10.9. The number of nitrogens with zero attached hydrogens (tertiary/aromatic N) is 1. The molecular formula is C23H33ClN2O2. The maximum absolute atomic E-state index is 6.70. The first-order valence-corrected chi connectivity index (χ1v) is 11.3. The van der Waals surface area contributed by atoms with Gasteiger partial charge in [0.15, 0.2) is 0 Å². The third-order valence-electron chi connectivity index (χ3n) is 7.33. The molecule has 2 fully saturated rings. The number of halogens is 1. The summed E-state index contributed by atoms with van der Waals surface area (Å²) >= 11 is 6.52. The van der Waals surface area contributed by atoms with Crippen LogP contribution >= 0.6 is 11.6 Å². The molecule has 2 N–H and O–H groups in total. The SMILES string of the molecule is CCC(N)C1(C2CCOCC2)CCC(Oc2cc3c(cc2Cl)CN=CC3)CC1. The Labute approximate surface area is 173 Å². The van der Waals surface area contributed by atoms with Crippen molar-refractivity contribution in [1.29, 1.82) is 0 Å². The van der Waals surface area contributed by atoms with E-state index in [4.69, 9.17) is 26.8 Å². The molecule has 1 saturated carbocycles. The van der Waals surface area contributed by atoms with Crippen LogP contribution in [0.1, 0.15) is 63.0 Å². The predicted octanol–water partition coefficient (Wildman–Crippen LogP) is 4.94. The minimum Gasteiger partial charge on any atom is -0.489 e. The molecule has 4 nitrogen and oxygen atoms in total. The molecule has 1 aromatic rings. The Kier molecular flexibility index (Phi) is 6.29. The van der Waals surface area contributed by atoms with E-state index in [9.17, 15) is 0 Å². The molecule has 1 aromatic carbocycles. The van der Waals surface area contributed by atoms with Gasteiger partial charge in [-0.2, -0.15) is 0 Å². The zero-order valence-electron chi connectivity index (χ0n) is 17.0. The Morgan fingerprint density at radius 2 is 1.96 bits per heavy atom. The van der Waals surface area contributed by atoms with Crippen molar-refractivity contribution in [2.24, 2.45) is 22.1 Å². The quantitative estimate of drug-likeness (QED) is 0.756. The van der Waals surface area contributed by atoms with Gasteiger partial charge in [0.1, 0.15) is 5.75 Å². The highest BCUT2D eigenvalue weighted by Gasteiger charge is 2.46. The zero-order valence-corrected chi connectivity index (χ0v) is 17.7. The second-order valence-electron chi connectivity index (χ2n) is 8.73. The summed E-state index contributed by atoms with van der Waals surface area (Å²) in [6, 6.07) is 4.43. The number of benzene rings is 1. The average molecular weight is 405 g/mol. The lowest BCUT2D eigenvalue weighted by Gasteiger charge is -2.50. The molecule has 0 aromatic heterocycles. The molecule has 2 heterocycles. The molecule has 0 bridgehead atoms. The fraction of sp³-hybridized carbons (Fsp3) is 0.696. The van der Waals surface area contributed by atoms with Gasteiger partial charge in [-0.25, -0.2) is 0 Å². The van der Waals surface area contributed by atoms with Crippen LogP contribution in [0, 0.1) is 11.3 Å². The van der Waals surface area contributed by atoms with Gasteiger partial charge in [0.2, 0.25) is 0 Å². The average Bonchev–Trinajstić information content (AvgIpc) is 2.75. The van der Waals surface area contributed by atoms with Crippen molar-refractivity contribution in [2.75, 3.05) is 13.2 Å². The van der Waals surface area contributed by atoms with E-state index < -0.39 is 0 Å². The molecule has 2 aliphatic heterocycles. The maximum Gasteiger partial charge on any atom is 0.138 e. The van der Waals surface area contributed by atoms with E-state index in [-0.39, 0.29) is 17.6 Å². The normalized spacial score (nSPS) is 29.3. The van der Waals surface area contributed by atoms with Crippen LogP contribution in [0.15, 0.2) is 17.1 Å². The predicted molar refractivity (Wildman–Crippen MR) is 114 cm³/mol. The number of aliphatic imine (C=N–C) groups is 1. The minimum absolute atomic E-state index is 0.227. The Hall–Kier alpha value is -1.10. The summed E-state index contributed by atoms with van der Waals surface area (Å²) in [5, 5.41) is 0.711. The summed E-state index contributed by atoms with van der Waals surface area (Å²) in [7, 11) is 0. The van der Waals surface area contributed by atoms with Gasteiger partial charge >= 0.3 is 0 Å². The van der Waals surface area contributed by atoms with Crippen LogP contribution in [0.3, 0.4) is 0 Å². The highest BCUT2D eigenvalue weighted by Crippen LogP contribution is 2.50. The highest BCUT2D eigenvalue weighted by molar-refractivity contribution is 6.32. The molecule has 4 rings (SSSR count). The van der Waals surface area contributed by atoms with Crippen LogP contribution in [0.2, 0.25) is 5.02 Å². The fourth-order valence-electron chi connectivity index (χ4n) is 5.58. The smallest absolute Gasteiger partial charge is 0.138 e. The van der Waals surface area contributed by atoms with Gasteiger partial charge in [0.05, 0.1) is 17.7 Å². The fourth-order valence-corrected chi connectivity index (χ4v) is 5.81. The van der Waals surface area contributed by atoms with Gasteiger partial charge in [-0.05, 0) is 79.5 Å². The van der Waals surface area contributed by atoms with E-state index in [1.54, 1.807) is 0 Å². The van der Waals surface area contributed by atoms with Crippen LogP contribution in [-0.2, 0) is 17.7 Å². The summed E-state index contributed by atoms with van der Waals surface area (Å²) in [4.78, 5) is 4.34. The van der Waals surface area contributed by atoms with Crippen LogP contribution in [0.5, 0.6) is 5.75 Å². The molecule has 28 heavy (non-hydrogen) atoms. The second kappa shape index (κ2) is 8.73. The highest BCUT2D eigenvalue weighted by atomic mass is 35.5. The van der Waals surface area contributed by atoms with Gasteiger partial charge < -0.3 is 15.2 Å². The summed E-state index contributed by atoms with van der Waals surface area (Å²) < 4.78 is 12.0. The monoisotopic (exact) mass is 404 g/mol. The topological polar surface area (TPSA) is 56.8 Å². The third-order valence-corrected chi connectivity index (χ3v) is 7.62. The van der Waals surface area contributed by atoms with E-state index in [1.807, 2.05) is 12.3 Å². The molecule has 0 amide bonds. The second-order valence-corrected chi connectivity index (χ2v) is 9.14. The molecule has 0 spiro atoms. The molecule has 154 valence electrons. The standard InChI is InChI=1S/C23H33ClN2O2/c1-2-22(25)23(18-6-11-27-12-7-18)8-3-19(4-9-23)28-21-14-16-5-10-26-15-17(16)13-20(21)24/h10,13-14,18-19,22H,2-9,11-12,15,25H2,1H3. The van der Waals surface area contributed by atoms with Crippen molar-refractivity contribution in [2.45, 2.75) is 77.0 Å². The van der Waals surface area contributed by atoms with Crippen molar-refractivity contribution in [1.82, 2.24) is 0 Å². The number of hydrogen-bond donors (Lipinski definition) is 1. The summed E-state index contributed by atoms with van der Waals surface area (Å²) in [5.41, 5.74) is 9.45. The van der Waals surface area contributed by atoms with Gasteiger partial charge in [-0.1, -0.05) is 18.5 Å². The summed E-state index contributed by atoms with van der Waals surface area (Å²) in [5.74, 6) is 1.52. The minimum atomic E-state index is 0.227. The van der Waals surface area contributed by atoms with E-state index >= 15 is 0 Å². The number of nitrogens with two attached hydrogens (primary N) is 1. The lowest BCUT2D eigenvalue weighted by molar-refractivity contribution is -0.0398. The van der Waals surface area contributed by atoms with Crippen LogP contribution in [-0.4, -0.2) is 31.6 Å². The molecular weight excluding hydrogens is 372 g/mol. The van der Waals surface area contributed by atoms with Gasteiger partial charge in [0, 0.05) is 31.9 Å². The first-order chi connectivity index (χ1) is 13.6. The summed E-state index contributed by atoms with van der Waals surface area (Å²) in [6.07, 6.45) is 10.8. The number of rotatable bonds is 5. The van der Waals surface area contributed by atoms with Gasteiger partial charge in [-0.3, -0.25) is 4.99 Å². The van der Waals surface area contributed by atoms with Crippen LogP contribution < -0.4 is 10.5 Å². The lowest BCUT2D eigenvalue weighted by Crippen LogP contribution is -2.51. The van der Waals surface area contributed by atoms with Crippen molar-refractivity contribution in [3.63, 3.8) is 0 Å². The Morgan fingerprint density at radius 1 is 1.21 bits per heavy atom. The maximum atomic E-state index is 6.70. The van der Waals surface area contributed by atoms with E-state index in [0.29, 0.717) is 10.9 Å². The lowest BCUT2D eigenvalue weighted by atomic mass is 9.59. The third kappa shape index (κ3) is 3.96. The molecule has 0 radical (unpaired) electrons. The molecule has 1 aliphatic carbocycles. The number of hydrogen-bond acceptors (Lipinski definition) is 4. The van der Waals surface area contributed by atoms with Crippen LogP contribution in [0.25, 0.3) is 0 Å². The zero-order chi connectivity index (χ0) is 19.6. The van der Waals surface area contributed by atoms with Crippen molar-refractivity contribution in [3.8, 4) is 5.75 Å². The Morgan fingerprint density at radius 3 is 2.68 bits per heavy atom. The molecule has 1 atom stereocenters. The largest absolute Gasteiger partial charge is 0.489 e. The van der Waals surface area contributed by atoms with E-state index in [2.05, 4.69) is 18.0 Å². The Bertz CT molecular complexity index is 707. The van der Waals surface area contributed by atoms with Crippen molar-refractivity contribution >= 4 is 17.8 Å². The van der Waals surface area contributed by atoms with Gasteiger partial charge in [-0.15, -0.1) is 0 Å².